The number of hydrogen-bond donors (Lipinski definition) is 10. The van der Waals surface area contributed by atoms with E-state index in [0.29, 0.717) is 12.1 Å². The number of nitrogens with zero attached hydrogens (tertiary/aromatic N) is 2. The number of nitrogens with two attached hydrogens (primary N) is 4. The Bertz CT molecular complexity index is 949. The fourth-order valence-corrected chi connectivity index (χ4v) is 3.04. The van der Waals surface area contributed by atoms with E-state index in [4.69, 9.17) is 22.9 Å². The number of primary amides is 1. The number of imidazole rings is 1. The molecule has 0 aliphatic heterocycles. The number of guanidine groups is 1. The Morgan fingerprint density at radius 3 is 2.14 bits per heavy atom. The molecule has 37 heavy (non-hydrogen) atoms. The van der Waals surface area contributed by atoms with Gasteiger partial charge in [0.2, 0.25) is 23.6 Å². The number of carboxylic acid groups (broad SMARTS) is 1. The van der Waals surface area contributed by atoms with E-state index < -0.39 is 60.4 Å². The number of aromatic nitrogens is 2. The smallest absolute Gasteiger partial charge is 0.326 e. The van der Waals surface area contributed by atoms with Gasteiger partial charge in [-0.25, -0.2) is 9.78 Å². The lowest BCUT2D eigenvalue weighted by atomic mass is 10.1. The molecule has 1 heterocycles. The Morgan fingerprint density at radius 1 is 0.973 bits per heavy atom. The number of carbonyl (C=O) groups is 5. The van der Waals surface area contributed by atoms with Gasteiger partial charge < -0.3 is 54.1 Å². The lowest BCUT2D eigenvalue weighted by molar-refractivity contribution is -0.142. The van der Waals surface area contributed by atoms with Gasteiger partial charge in [-0.15, -0.1) is 0 Å². The maximum atomic E-state index is 12.8. The summed E-state index contributed by atoms with van der Waals surface area (Å²) in [6.07, 6.45) is 2.64. The number of aliphatic imine (C=N–C) groups is 1. The number of aliphatic hydroxyl groups excluding tert-OH is 1. The van der Waals surface area contributed by atoms with Gasteiger partial charge in [-0.2, -0.15) is 0 Å². The lowest BCUT2D eigenvalue weighted by Crippen LogP contribution is -2.58. The lowest BCUT2D eigenvalue weighted by Gasteiger charge is -2.24. The van der Waals surface area contributed by atoms with E-state index in [0.717, 1.165) is 0 Å². The van der Waals surface area contributed by atoms with Crippen LogP contribution in [0, 0.1) is 0 Å². The summed E-state index contributed by atoms with van der Waals surface area (Å²) < 4.78 is 0. The quantitative estimate of drug-likeness (QED) is 0.0521. The van der Waals surface area contributed by atoms with Gasteiger partial charge in [0.05, 0.1) is 19.0 Å². The van der Waals surface area contributed by atoms with Crippen molar-refractivity contribution in [2.24, 2.45) is 27.9 Å². The highest BCUT2D eigenvalue weighted by molar-refractivity contribution is 5.94. The standard InChI is InChI=1S/C20H34N10O7/c21-11(2-1-5-26-20(23)24)16(33)28-12(3-4-15(22)32)17(34)30-14(8-31)18(35)29-13(19(36)37)6-10-7-25-9-27-10/h7,9,11-14,31H,1-6,8,21H2,(H2,22,32)(H,25,27)(H,28,33)(H,29,35)(H,30,34)(H,36,37)(H4,23,24,26). The van der Waals surface area contributed by atoms with Crippen LogP contribution in [0.3, 0.4) is 0 Å². The normalized spacial score (nSPS) is 13.9. The van der Waals surface area contributed by atoms with E-state index in [1.54, 1.807) is 0 Å². The Labute approximate surface area is 211 Å². The van der Waals surface area contributed by atoms with Crippen LogP contribution in [0.4, 0.5) is 0 Å². The van der Waals surface area contributed by atoms with E-state index in [2.05, 4.69) is 30.9 Å². The molecule has 0 saturated heterocycles. The first kappa shape index (κ1) is 30.8. The molecule has 1 aromatic heterocycles. The van der Waals surface area contributed by atoms with Crippen LogP contribution in [0.1, 0.15) is 31.4 Å². The molecule has 0 aliphatic carbocycles. The number of amides is 4. The maximum absolute atomic E-state index is 12.8. The van der Waals surface area contributed by atoms with Gasteiger partial charge in [-0.1, -0.05) is 0 Å². The monoisotopic (exact) mass is 526 g/mol. The molecule has 4 atom stereocenters. The molecule has 0 bridgehead atoms. The summed E-state index contributed by atoms with van der Waals surface area (Å²) in [5.74, 6) is -4.83. The van der Waals surface area contributed by atoms with Crippen LogP contribution in [0.2, 0.25) is 0 Å². The molecule has 14 N–H and O–H groups in total. The van der Waals surface area contributed by atoms with Crippen LogP contribution in [-0.4, -0.2) is 93.1 Å². The Balaban J connectivity index is 2.82. The number of H-pyrrole nitrogens is 1. The van der Waals surface area contributed by atoms with Gasteiger partial charge >= 0.3 is 5.97 Å². The molecule has 4 amide bonds. The van der Waals surface area contributed by atoms with Crippen molar-refractivity contribution in [3.05, 3.63) is 18.2 Å². The van der Waals surface area contributed by atoms with Gasteiger partial charge in [-0.05, 0) is 19.3 Å². The SMILES string of the molecule is NC(=O)CCC(NC(=O)C(N)CCCN=C(N)N)C(=O)NC(CO)C(=O)NC(Cc1cnc[nH]1)C(=O)O. The second-order valence-electron chi connectivity index (χ2n) is 8.05. The zero-order valence-electron chi connectivity index (χ0n) is 20.1. The number of rotatable bonds is 17. The molecule has 0 saturated carbocycles. The van der Waals surface area contributed by atoms with Crippen molar-refractivity contribution in [1.82, 2.24) is 25.9 Å². The van der Waals surface area contributed by atoms with Crippen LogP contribution in [-0.2, 0) is 30.4 Å². The van der Waals surface area contributed by atoms with Crippen molar-refractivity contribution in [1.29, 1.82) is 0 Å². The Morgan fingerprint density at radius 2 is 1.59 bits per heavy atom. The summed E-state index contributed by atoms with van der Waals surface area (Å²) in [6.45, 7) is -0.644. The number of carbonyl (C=O) groups excluding carboxylic acids is 4. The number of hydrogen-bond acceptors (Lipinski definition) is 9. The summed E-state index contributed by atoms with van der Waals surface area (Å²) in [6, 6.07) is -5.31. The van der Waals surface area contributed by atoms with Gasteiger partial charge in [-0.3, -0.25) is 24.2 Å². The third-order valence-corrected chi connectivity index (χ3v) is 5.03. The van der Waals surface area contributed by atoms with Crippen LogP contribution >= 0.6 is 0 Å². The predicted molar refractivity (Wildman–Crippen MR) is 129 cm³/mol. The average molecular weight is 527 g/mol. The third-order valence-electron chi connectivity index (χ3n) is 5.03. The Hall–Kier alpha value is -4.25. The molecule has 0 aromatic carbocycles. The molecule has 17 nitrogen and oxygen atoms in total. The zero-order chi connectivity index (χ0) is 28.0. The summed E-state index contributed by atoms with van der Waals surface area (Å²) in [5.41, 5.74) is 21.9. The summed E-state index contributed by atoms with van der Waals surface area (Å²) in [5, 5.41) is 25.9. The summed E-state index contributed by atoms with van der Waals surface area (Å²) in [7, 11) is 0. The topological polar surface area (TPSA) is 307 Å². The second kappa shape index (κ2) is 15.7. The van der Waals surface area contributed by atoms with Crippen LogP contribution < -0.4 is 38.9 Å². The van der Waals surface area contributed by atoms with Gasteiger partial charge in [0.25, 0.3) is 0 Å². The van der Waals surface area contributed by atoms with Crippen molar-refractivity contribution in [2.75, 3.05) is 13.2 Å². The number of carboxylic acids is 1. The van der Waals surface area contributed by atoms with Crippen LogP contribution in [0.25, 0.3) is 0 Å². The van der Waals surface area contributed by atoms with Crippen LogP contribution in [0.15, 0.2) is 17.5 Å². The fraction of sp³-hybridized carbons (Fsp3) is 0.550. The molecule has 0 spiro atoms. The number of nitrogens with one attached hydrogen (secondary N) is 4. The summed E-state index contributed by atoms with van der Waals surface area (Å²) in [4.78, 5) is 70.9. The molecule has 206 valence electrons. The molecule has 1 aromatic rings. The molecule has 1 rings (SSSR count). The highest BCUT2D eigenvalue weighted by atomic mass is 16.4. The van der Waals surface area contributed by atoms with Gasteiger partial charge in [0, 0.05) is 31.3 Å². The molecule has 0 aliphatic rings. The van der Waals surface area contributed by atoms with E-state index >= 15 is 0 Å². The fourth-order valence-electron chi connectivity index (χ4n) is 3.04. The van der Waals surface area contributed by atoms with Crippen LogP contribution in [0.5, 0.6) is 0 Å². The minimum atomic E-state index is -1.56. The van der Waals surface area contributed by atoms with Crippen molar-refractivity contribution in [3.8, 4) is 0 Å². The van der Waals surface area contributed by atoms with Gasteiger partial charge in [0.15, 0.2) is 5.96 Å². The van der Waals surface area contributed by atoms with Crippen molar-refractivity contribution in [3.63, 3.8) is 0 Å². The highest BCUT2D eigenvalue weighted by Gasteiger charge is 2.30. The van der Waals surface area contributed by atoms with E-state index in [1.807, 2.05) is 0 Å². The minimum absolute atomic E-state index is 0.111. The largest absolute Gasteiger partial charge is 0.480 e. The predicted octanol–water partition coefficient (Wildman–Crippen LogP) is -4.87. The first-order valence-electron chi connectivity index (χ1n) is 11.3. The van der Waals surface area contributed by atoms with Crippen molar-refractivity contribution in [2.45, 2.75) is 56.3 Å². The number of aliphatic hydroxyl groups is 1. The molecular weight excluding hydrogens is 492 g/mol. The number of aliphatic carboxylic acids is 1. The average Bonchev–Trinajstić information content (AvgIpc) is 3.34. The molecule has 4 unspecified atom stereocenters. The second-order valence-corrected chi connectivity index (χ2v) is 8.05. The molecule has 0 radical (unpaired) electrons. The van der Waals surface area contributed by atoms with E-state index in [1.165, 1.54) is 12.5 Å². The highest BCUT2D eigenvalue weighted by Crippen LogP contribution is 2.03. The van der Waals surface area contributed by atoms with Gasteiger partial charge in [0.1, 0.15) is 18.1 Å². The molecule has 17 heteroatoms. The molecular formula is C20H34N10O7. The maximum Gasteiger partial charge on any atom is 0.326 e. The number of aromatic amines is 1. The van der Waals surface area contributed by atoms with Crippen molar-refractivity contribution < 1.29 is 34.2 Å². The zero-order valence-corrected chi connectivity index (χ0v) is 20.1. The first-order valence-corrected chi connectivity index (χ1v) is 11.3. The van der Waals surface area contributed by atoms with E-state index in [9.17, 15) is 34.2 Å². The van der Waals surface area contributed by atoms with E-state index in [-0.39, 0.29) is 38.2 Å². The minimum Gasteiger partial charge on any atom is -0.480 e. The Kier molecular flexibility index (Phi) is 13.0. The summed E-state index contributed by atoms with van der Waals surface area (Å²) >= 11 is 0. The first-order chi connectivity index (χ1) is 17.4. The third kappa shape index (κ3) is 11.8. The molecule has 0 fully saturated rings. The van der Waals surface area contributed by atoms with Crippen molar-refractivity contribution >= 4 is 35.6 Å².